The first-order chi connectivity index (χ1) is 13.7. The fourth-order valence-electron chi connectivity index (χ4n) is 3.36. The van der Waals surface area contributed by atoms with Crippen LogP contribution in [-0.4, -0.2) is 38.7 Å². The molecule has 0 spiro atoms. The predicted molar refractivity (Wildman–Crippen MR) is 108 cm³/mol. The number of hydrogen-bond acceptors (Lipinski definition) is 5. The van der Waals surface area contributed by atoms with Crippen LogP contribution in [0.15, 0.2) is 36.5 Å². The fourth-order valence-corrected chi connectivity index (χ4v) is 3.36. The number of fused-ring (bicyclic) bond motifs is 2. The van der Waals surface area contributed by atoms with E-state index in [0.717, 1.165) is 0 Å². The Balaban J connectivity index is 1.89. The largest absolute Gasteiger partial charge is 0.491 e. The normalized spacial score (nSPS) is 16.6. The molecule has 1 aromatic carbocycles. The Bertz CT molecular complexity index is 1080. The molecule has 8 heteroatoms. The standard InChI is InChI=1S/C21H24FN5O2/c1-13(2)26-11-14-9-15(22)5-6-17(14)29-12-21(3,4)24-20(28)16-10-23-18-7-8-19(26)25-27(16)18/h5-10,13H,11-12H2,1-4H3,(H,24,28). The topological polar surface area (TPSA) is 71.8 Å². The number of hydrogen-bond donors (Lipinski definition) is 1. The van der Waals surface area contributed by atoms with Crippen molar-refractivity contribution in [2.75, 3.05) is 11.5 Å². The number of halogens is 1. The van der Waals surface area contributed by atoms with Crippen LogP contribution < -0.4 is 15.0 Å². The predicted octanol–water partition coefficient (Wildman–Crippen LogP) is 3.18. The zero-order valence-electron chi connectivity index (χ0n) is 16.9. The average Bonchev–Trinajstić information content (AvgIpc) is 3.07. The lowest BCUT2D eigenvalue weighted by molar-refractivity contribution is 0.0873. The first-order valence-corrected chi connectivity index (χ1v) is 9.59. The number of nitrogens with one attached hydrogen (secondary N) is 1. The maximum absolute atomic E-state index is 14.0. The molecule has 3 aromatic rings. The monoisotopic (exact) mass is 397 g/mol. The Morgan fingerprint density at radius 2 is 2.03 bits per heavy atom. The van der Waals surface area contributed by atoms with E-state index in [-0.39, 0.29) is 24.4 Å². The lowest BCUT2D eigenvalue weighted by Gasteiger charge is -2.29. The van der Waals surface area contributed by atoms with Gasteiger partial charge in [0.1, 0.15) is 24.0 Å². The molecule has 1 aliphatic rings. The van der Waals surface area contributed by atoms with Crippen molar-refractivity contribution >= 4 is 17.4 Å². The molecule has 0 aliphatic carbocycles. The van der Waals surface area contributed by atoms with E-state index in [1.165, 1.54) is 18.3 Å². The van der Waals surface area contributed by atoms with Crippen LogP contribution in [0, 0.1) is 5.82 Å². The van der Waals surface area contributed by atoms with Crippen LogP contribution in [0.1, 0.15) is 43.7 Å². The van der Waals surface area contributed by atoms with Crippen LogP contribution in [0.2, 0.25) is 0 Å². The number of imidazole rings is 1. The van der Waals surface area contributed by atoms with Crippen molar-refractivity contribution in [3.05, 3.63) is 53.6 Å². The van der Waals surface area contributed by atoms with E-state index < -0.39 is 5.54 Å². The van der Waals surface area contributed by atoms with Gasteiger partial charge in [0.2, 0.25) is 0 Å². The number of nitrogens with zero attached hydrogens (tertiary/aromatic N) is 4. The SMILES string of the molecule is CC(C)N1Cc2cc(F)ccc2OCC(C)(C)NC(=O)c2cnc3ccc1nn23. The van der Waals surface area contributed by atoms with Gasteiger partial charge in [0, 0.05) is 18.2 Å². The van der Waals surface area contributed by atoms with Gasteiger partial charge in [-0.15, -0.1) is 5.10 Å². The van der Waals surface area contributed by atoms with Gasteiger partial charge in [-0.1, -0.05) is 0 Å². The molecule has 3 heterocycles. The number of anilines is 1. The number of benzene rings is 1. The second-order valence-corrected chi connectivity index (χ2v) is 8.21. The molecule has 0 fully saturated rings. The van der Waals surface area contributed by atoms with Crippen molar-refractivity contribution in [3.8, 4) is 5.75 Å². The third kappa shape index (κ3) is 3.74. The zero-order chi connectivity index (χ0) is 20.8. The van der Waals surface area contributed by atoms with Crippen LogP contribution in [0.5, 0.6) is 5.75 Å². The highest BCUT2D eigenvalue weighted by Gasteiger charge is 2.26. The molecule has 0 saturated heterocycles. The molecule has 1 aliphatic heterocycles. The maximum Gasteiger partial charge on any atom is 0.272 e. The average molecular weight is 397 g/mol. The molecule has 0 saturated carbocycles. The van der Waals surface area contributed by atoms with E-state index in [0.29, 0.717) is 35.0 Å². The molecule has 1 N–H and O–H groups in total. The van der Waals surface area contributed by atoms with Crippen molar-refractivity contribution in [3.63, 3.8) is 0 Å². The summed E-state index contributed by atoms with van der Waals surface area (Å²) in [5.74, 6) is 0.632. The molecular formula is C21H24FN5O2. The summed E-state index contributed by atoms with van der Waals surface area (Å²) < 4.78 is 21.6. The Morgan fingerprint density at radius 3 is 2.79 bits per heavy atom. The second-order valence-electron chi connectivity index (χ2n) is 8.21. The minimum Gasteiger partial charge on any atom is -0.491 e. The highest BCUT2D eigenvalue weighted by atomic mass is 19.1. The Morgan fingerprint density at radius 1 is 1.24 bits per heavy atom. The Labute approximate surface area is 168 Å². The number of rotatable bonds is 1. The molecule has 0 atom stereocenters. The van der Waals surface area contributed by atoms with E-state index in [1.54, 1.807) is 10.6 Å². The van der Waals surface area contributed by atoms with Gasteiger partial charge in [0.15, 0.2) is 11.3 Å². The van der Waals surface area contributed by atoms with Gasteiger partial charge in [-0.3, -0.25) is 4.79 Å². The van der Waals surface area contributed by atoms with Gasteiger partial charge in [-0.25, -0.2) is 13.9 Å². The maximum atomic E-state index is 14.0. The number of amides is 1. The van der Waals surface area contributed by atoms with Crippen molar-refractivity contribution in [2.45, 2.75) is 45.8 Å². The van der Waals surface area contributed by atoms with E-state index in [2.05, 4.69) is 15.4 Å². The molecule has 2 bridgehead atoms. The van der Waals surface area contributed by atoms with Crippen LogP contribution in [0.4, 0.5) is 10.2 Å². The summed E-state index contributed by atoms with van der Waals surface area (Å²) in [5, 5.41) is 7.63. The summed E-state index contributed by atoms with van der Waals surface area (Å²) in [6.45, 7) is 8.45. The summed E-state index contributed by atoms with van der Waals surface area (Å²) in [5.41, 5.74) is 0.989. The number of ether oxygens (including phenoxy) is 1. The van der Waals surface area contributed by atoms with Gasteiger partial charge in [0.05, 0.1) is 11.7 Å². The Kier molecular flexibility index (Phi) is 4.64. The molecule has 29 heavy (non-hydrogen) atoms. The third-order valence-electron chi connectivity index (χ3n) is 4.90. The van der Waals surface area contributed by atoms with Gasteiger partial charge in [-0.05, 0) is 58.0 Å². The molecule has 152 valence electrons. The number of carbonyl (C=O) groups excluding carboxylic acids is 1. The number of carbonyl (C=O) groups is 1. The lowest BCUT2D eigenvalue weighted by Crippen LogP contribution is -2.48. The van der Waals surface area contributed by atoms with Gasteiger partial charge in [-0.2, -0.15) is 0 Å². The Hall–Kier alpha value is -3.16. The van der Waals surface area contributed by atoms with Crippen LogP contribution in [0.3, 0.4) is 0 Å². The van der Waals surface area contributed by atoms with E-state index in [4.69, 9.17) is 4.74 Å². The fraction of sp³-hybridized carbons (Fsp3) is 0.381. The second kappa shape index (κ2) is 7.02. The first kappa shape index (κ1) is 19.2. The quantitative estimate of drug-likeness (QED) is 0.683. The van der Waals surface area contributed by atoms with Gasteiger partial charge >= 0.3 is 0 Å². The highest BCUT2D eigenvalue weighted by Crippen LogP contribution is 2.27. The van der Waals surface area contributed by atoms with Crippen molar-refractivity contribution in [1.82, 2.24) is 19.9 Å². The summed E-state index contributed by atoms with van der Waals surface area (Å²) in [6, 6.07) is 8.25. The van der Waals surface area contributed by atoms with Crippen molar-refractivity contribution in [1.29, 1.82) is 0 Å². The van der Waals surface area contributed by atoms with Crippen molar-refractivity contribution in [2.24, 2.45) is 0 Å². The number of aromatic nitrogens is 3. The van der Waals surface area contributed by atoms with E-state index in [9.17, 15) is 9.18 Å². The zero-order valence-corrected chi connectivity index (χ0v) is 16.9. The molecule has 2 aromatic heterocycles. The minimum absolute atomic E-state index is 0.0819. The molecule has 1 amide bonds. The first-order valence-electron chi connectivity index (χ1n) is 9.59. The minimum atomic E-state index is -0.656. The van der Waals surface area contributed by atoms with Crippen molar-refractivity contribution < 1.29 is 13.9 Å². The summed E-state index contributed by atoms with van der Waals surface area (Å²) in [6.07, 6.45) is 1.52. The lowest BCUT2D eigenvalue weighted by atomic mass is 10.1. The smallest absolute Gasteiger partial charge is 0.272 e. The molecule has 7 nitrogen and oxygen atoms in total. The van der Waals surface area contributed by atoms with E-state index in [1.807, 2.05) is 44.7 Å². The molecular weight excluding hydrogens is 373 g/mol. The van der Waals surface area contributed by atoms with Crippen LogP contribution in [-0.2, 0) is 6.54 Å². The molecule has 0 unspecified atom stereocenters. The van der Waals surface area contributed by atoms with Gasteiger partial charge < -0.3 is 15.0 Å². The summed E-state index contributed by atoms with van der Waals surface area (Å²) >= 11 is 0. The summed E-state index contributed by atoms with van der Waals surface area (Å²) in [7, 11) is 0. The van der Waals surface area contributed by atoms with Crippen LogP contribution in [0.25, 0.3) is 5.65 Å². The molecule has 0 radical (unpaired) electrons. The van der Waals surface area contributed by atoms with Gasteiger partial charge in [0.25, 0.3) is 5.91 Å². The molecule has 4 rings (SSSR count). The highest BCUT2D eigenvalue weighted by molar-refractivity contribution is 5.93. The van der Waals surface area contributed by atoms with Crippen LogP contribution >= 0.6 is 0 Å². The summed E-state index contributed by atoms with van der Waals surface area (Å²) in [4.78, 5) is 19.2. The van der Waals surface area contributed by atoms with E-state index >= 15 is 0 Å². The third-order valence-corrected chi connectivity index (χ3v) is 4.90.